The number of nitrogens with zero attached hydrogens (tertiary/aromatic N) is 3. The van der Waals surface area contributed by atoms with Crippen molar-refractivity contribution in [3.05, 3.63) is 53.6 Å². The molecule has 0 spiro atoms. The summed E-state index contributed by atoms with van der Waals surface area (Å²) in [7, 11) is 4.96. The minimum Gasteiger partial charge on any atom is -0.488 e. The number of hydrogen-bond acceptors (Lipinski definition) is 13. The average molecular weight is 598 g/mol. The molecule has 0 bridgehead atoms. The SMILES string of the molecule is COC(=O)CN(CC(=O)OC)c1ccc(C)cc1OCCOc1c(C=CC#N)cccc1N(CC(=O)OC)CC(=O)OC. The molecule has 0 unspecified atom stereocenters. The molecule has 0 amide bonds. The number of esters is 4. The Labute approximate surface area is 250 Å². The van der Waals surface area contributed by atoms with Crippen molar-refractivity contribution in [2.45, 2.75) is 6.92 Å². The molecule has 0 atom stereocenters. The molecular weight excluding hydrogens is 562 g/mol. The summed E-state index contributed by atoms with van der Waals surface area (Å²) >= 11 is 0. The average Bonchev–Trinajstić information content (AvgIpc) is 3.01. The first-order chi connectivity index (χ1) is 20.7. The summed E-state index contributed by atoms with van der Waals surface area (Å²) < 4.78 is 31.3. The predicted octanol–water partition coefficient (Wildman–Crippen LogP) is 2.29. The number of aryl methyl sites for hydroxylation is 1. The molecular formula is C30H35N3O10. The topological polar surface area (TPSA) is 154 Å². The van der Waals surface area contributed by atoms with Crippen LogP contribution in [0.1, 0.15) is 11.1 Å². The van der Waals surface area contributed by atoms with Crippen LogP contribution >= 0.6 is 0 Å². The fraction of sp³-hybridized carbons (Fsp3) is 0.367. The van der Waals surface area contributed by atoms with Crippen LogP contribution in [-0.2, 0) is 38.1 Å². The quantitative estimate of drug-likeness (QED) is 0.120. The Kier molecular flexibility index (Phi) is 13.8. The highest BCUT2D eigenvalue weighted by Gasteiger charge is 2.22. The molecule has 0 fully saturated rings. The molecule has 0 aromatic heterocycles. The normalized spacial score (nSPS) is 10.3. The van der Waals surface area contributed by atoms with Crippen molar-refractivity contribution in [1.29, 1.82) is 5.26 Å². The van der Waals surface area contributed by atoms with Gasteiger partial charge < -0.3 is 38.2 Å². The van der Waals surface area contributed by atoms with Gasteiger partial charge in [0.1, 0.15) is 50.9 Å². The number of para-hydroxylation sites is 1. The van der Waals surface area contributed by atoms with E-state index in [2.05, 4.69) is 0 Å². The van der Waals surface area contributed by atoms with E-state index >= 15 is 0 Å². The fourth-order valence-corrected chi connectivity index (χ4v) is 3.83. The van der Waals surface area contributed by atoms with Gasteiger partial charge in [-0.05, 0) is 36.8 Å². The molecule has 43 heavy (non-hydrogen) atoms. The van der Waals surface area contributed by atoms with Crippen LogP contribution in [0.25, 0.3) is 6.08 Å². The molecule has 0 saturated carbocycles. The number of carbonyl (C=O) groups excluding carboxylic acids is 4. The molecule has 2 aromatic carbocycles. The molecule has 2 rings (SSSR count). The summed E-state index contributed by atoms with van der Waals surface area (Å²) in [5.41, 5.74) is 2.22. The fourth-order valence-electron chi connectivity index (χ4n) is 3.83. The van der Waals surface area contributed by atoms with Crippen molar-refractivity contribution in [3.8, 4) is 17.6 Å². The van der Waals surface area contributed by atoms with Gasteiger partial charge in [0.05, 0.1) is 45.9 Å². The minimum absolute atomic E-state index is 0.00389. The lowest BCUT2D eigenvalue weighted by Crippen LogP contribution is -2.36. The van der Waals surface area contributed by atoms with Gasteiger partial charge in [0, 0.05) is 11.6 Å². The van der Waals surface area contributed by atoms with Crippen LogP contribution in [0.5, 0.6) is 11.5 Å². The van der Waals surface area contributed by atoms with Crippen molar-refractivity contribution < 1.29 is 47.6 Å². The number of carbonyl (C=O) groups is 4. The number of benzene rings is 2. The Balaban J connectivity index is 2.36. The number of nitriles is 1. The Morgan fingerprint density at radius 3 is 1.77 bits per heavy atom. The van der Waals surface area contributed by atoms with E-state index in [1.807, 2.05) is 19.1 Å². The van der Waals surface area contributed by atoms with E-state index in [0.29, 0.717) is 22.7 Å². The first-order valence-electron chi connectivity index (χ1n) is 13.0. The second-order valence-electron chi connectivity index (χ2n) is 8.84. The summed E-state index contributed by atoms with van der Waals surface area (Å²) in [6.45, 7) is 0.888. The number of rotatable bonds is 16. The zero-order valence-corrected chi connectivity index (χ0v) is 24.8. The minimum atomic E-state index is -0.591. The zero-order chi connectivity index (χ0) is 31.8. The maximum Gasteiger partial charge on any atom is 0.325 e. The number of allylic oxidation sites excluding steroid dienone is 1. The van der Waals surface area contributed by atoms with E-state index in [0.717, 1.165) is 5.56 Å². The van der Waals surface area contributed by atoms with Gasteiger partial charge in [-0.2, -0.15) is 5.26 Å². The van der Waals surface area contributed by atoms with Crippen molar-refractivity contribution in [1.82, 2.24) is 0 Å². The largest absolute Gasteiger partial charge is 0.488 e. The van der Waals surface area contributed by atoms with E-state index in [4.69, 9.17) is 33.7 Å². The molecule has 0 aliphatic carbocycles. The molecule has 0 aliphatic heterocycles. The summed E-state index contributed by atoms with van der Waals surface area (Å²) in [6, 6.07) is 12.3. The van der Waals surface area contributed by atoms with Gasteiger partial charge in [0.15, 0.2) is 0 Å². The van der Waals surface area contributed by atoms with Gasteiger partial charge in [-0.25, -0.2) is 0 Å². The Morgan fingerprint density at radius 1 is 0.744 bits per heavy atom. The molecule has 0 aliphatic rings. The zero-order valence-electron chi connectivity index (χ0n) is 24.8. The maximum atomic E-state index is 12.1. The van der Waals surface area contributed by atoms with Crippen LogP contribution in [0.15, 0.2) is 42.5 Å². The van der Waals surface area contributed by atoms with Crippen LogP contribution in [-0.4, -0.2) is 91.7 Å². The second-order valence-corrected chi connectivity index (χ2v) is 8.84. The van der Waals surface area contributed by atoms with E-state index in [1.165, 1.54) is 50.4 Å². The number of anilines is 2. The van der Waals surface area contributed by atoms with Crippen LogP contribution in [0, 0.1) is 18.3 Å². The highest BCUT2D eigenvalue weighted by molar-refractivity contribution is 5.84. The highest BCUT2D eigenvalue weighted by Crippen LogP contribution is 2.34. The van der Waals surface area contributed by atoms with Crippen LogP contribution in [0.4, 0.5) is 11.4 Å². The summed E-state index contributed by atoms with van der Waals surface area (Å²) in [5, 5.41) is 9.08. The van der Waals surface area contributed by atoms with Gasteiger partial charge in [-0.1, -0.05) is 18.2 Å². The maximum absolute atomic E-state index is 12.1. The molecule has 230 valence electrons. The number of ether oxygens (including phenoxy) is 6. The Hall–Kier alpha value is -5.25. The molecule has 0 heterocycles. The molecule has 13 heteroatoms. The van der Waals surface area contributed by atoms with Crippen molar-refractivity contribution in [2.24, 2.45) is 0 Å². The molecule has 13 nitrogen and oxygen atoms in total. The summed E-state index contributed by atoms with van der Waals surface area (Å²) in [5.74, 6) is -1.63. The molecule has 0 saturated heterocycles. The van der Waals surface area contributed by atoms with Crippen LogP contribution < -0.4 is 19.3 Å². The lowest BCUT2D eigenvalue weighted by molar-refractivity contribution is -0.141. The van der Waals surface area contributed by atoms with Gasteiger partial charge in [-0.3, -0.25) is 19.2 Å². The smallest absolute Gasteiger partial charge is 0.325 e. The number of hydrogen-bond donors (Lipinski definition) is 0. The van der Waals surface area contributed by atoms with Gasteiger partial charge in [0.2, 0.25) is 0 Å². The van der Waals surface area contributed by atoms with E-state index in [-0.39, 0.29) is 45.1 Å². The van der Waals surface area contributed by atoms with Crippen molar-refractivity contribution in [3.63, 3.8) is 0 Å². The van der Waals surface area contributed by atoms with Crippen molar-refractivity contribution >= 4 is 41.3 Å². The van der Waals surface area contributed by atoms with E-state index < -0.39 is 23.9 Å². The predicted molar refractivity (Wildman–Crippen MR) is 156 cm³/mol. The highest BCUT2D eigenvalue weighted by atomic mass is 16.5. The van der Waals surface area contributed by atoms with E-state index in [9.17, 15) is 19.2 Å². The lowest BCUT2D eigenvalue weighted by Gasteiger charge is -2.26. The lowest BCUT2D eigenvalue weighted by atomic mass is 10.1. The molecule has 0 N–H and O–H groups in total. The monoisotopic (exact) mass is 597 g/mol. The van der Waals surface area contributed by atoms with Gasteiger partial charge in [-0.15, -0.1) is 0 Å². The van der Waals surface area contributed by atoms with Crippen LogP contribution in [0.2, 0.25) is 0 Å². The van der Waals surface area contributed by atoms with Crippen LogP contribution in [0.3, 0.4) is 0 Å². The Morgan fingerprint density at radius 2 is 1.26 bits per heavy atom. The van der Waals surface area contributed by atoms with Crippen molar-refractivity contribution in [2.75, 3.05) is 77.6 Å². The third-order valence-electron chi connectivity index (χ3n) is 5.94. The first kappa shape index (κ1) is 34.0. The standard InChI is InChI=1S/C30H35N3O10/c1-21-11-12-23(32(17-26(34)38-2)18-27(35)39-3)25(16-21)42-14-15-43-30-22(9-7-13-31)8-6-10-24(30)33(19-28(36)40-4)20-29(37)41-5/h6-12,16H,14-15,17-20H2,1-5H3. The van der Waals surface area contributed by atoms with E-state index in [1.54, 1.807) is 30.3 Å². The second kappa shape index (κ2) is 17.5. The summed E-state index contributed by atoms with van der Waals surface area (Å²) in [6.07, 6.45) is 2.80. The Bertz CT molecular complexity index is 1320. The number of methoxy groups -OCH3 is 4. The first-order valence-corrected chi connectivity index (χ1v) is 13.0. The molecule has 0 radical (unpaired) electrons. The van der Waals surface area contributed by atoms with Gasteiger partial charge in [0.25, 0.3) is 0 Å². The molecule has 2 aromatic rings. The third kappa shape index (κ3) is 10.6. The third-order valence-corrected chi connectivity index (χ3v) is 5.94. The summed E-state index contributed by atoms with van der Waals surface area (Å²) in [4.78, 5) is 51.3. The van der Waals surface area contributed by atoms with Gasteiger partial charge >= 0.3 is 23.9 Å².